The van der Waals surface area contributed by atoms with E-state index in [2.05, 4.69) is 33.3 Å². The maximum atomic E-state index is 12.4. The number of hydrogen-bond acceptors (Lipinski definition) is 8. The number of sulfonamides is 1. The van der Waals surface area contributed by atoms with Crippen molar-refractivity contribution in [3.63, 3.8) is 0 Å². The zero-order valence-corrected chi connectivity index (χ0v) is 15.4. The lowest BCUT2D eigenvalue weighted by molar-refractivity contribution is 0.381. The van der Waals surface area contributed by atoms with E-state index < -0.39 is 10.0 Å². The smallest absolute Gasteiger partial charge is 0.220 e. The van der Waals surface area contributed by atoms with E-state index >= 15 is 0 Å². The van der Waals surface area contributed by atoms with Crippen LogP contribution in [0.4, 0.5) is 5.13 Å². The molecule has 2 aromatic heterocycles. The molecule has 1 aliphatic heterocycles. The first kappa shape index (κ1) is 17.3. The van der Waals surface area contributed by atoms with Gasteiger partial charge in [0.15, 0.2) is 0 Å². The Kier molecular flexibility index (Phi) is 5.16. The zero-order valence-electron chi connectivity index (χ0n) is 13.8. The van der Waals surface area contributed by atoms with E-state index in [1.54, 1.807) is 6.07 Å². The van der Waals surface area contributed by atoms with Crippen molar-refractivity contribution in [2.24, 2.45) is 5.92 Å². The van der Waals surface area contributed by atoms with Crippen molar-refractivity contribution in [2.75, 3.05) is 31.1 Å². The van der Waals surface area contributed by atoms with E-state index in [-0.39, 0.29) is 5.75 Å². The van der Waals surface area contributed by atoms with Gasteiger partial charge in [0.1, 0.15) is 17.8 Å². The van der Waals surface area contributed by atoms with Crippen LogP contribution >= 0.6 is 11.5 Å². The van der Waals surface area contributed by atoms with Gasteiger partial charge in [0.2, 0.25) is 15.2 Å². The Morgan fingerprint density at radius 1 is 1.29 bits per heavy atom. The van der Waals surface area contributed by atoms with Crippen LogP contribution in [0.1, 0.15) is 25.4 Å². The van der Waals surface area contributed by atoms with Gasteiger partial charge in [-0.25, -0.2) is 13.4 Å². The Morgan fingerprint density at radius 2 is 2.04 bits per heavy atom. The molecule has 0 bridgehead atoms. The predicted octanol–water partition coefficient (Wildman–Crippen LogP) is 1.38. The highest BCUT2D eigenvalue weighted by molar-refractivity contribution is 7.88. The van der Waals surface area contributed by atoms with E-state index in [4.69, 9.17) is 4.52 Å². The molecule has 2 aromatic rings. The molecule has 1 aliphatic rings. The van der Waals surface area contributed by atoms with E-state index in [9.17, 15) is 8.42 Å². The Labute approximate surface area is 145 Å². The number of nitrogens with zero attached hydrogens (tertiary/aromatic N) is 5. The van der Waals surface area contributed by atoms with Gasteiger partial charge >= 0.3 is 0 Å². The molecule has 0 amide bonds. The quantitative estimate of drug-likeness (QED) is 0.757. The number of hydrogen-bond donors (Lipinski definition) is 0. The largest absolute Gasteiger partial charge is 0.364 e. The summed E-state index contributed by atoms with van der Waals surface area (Å²) in [5.41, 5.74) is 0.430. The average Bonchev–Trinajstić information content (AvgIpc) is 3.18. The van der Waals surface area contributed by atoms with Crippen molar-refractivity contribution in [3.05, 3.63) is 23.8 Å². The monoisotopic (exact) mass is 371 g/mol. The normalized spacial score (nSPS) is 16.9. The van der Waals surface area contributed by atoms with Crippen LogP contribution in [-0.2, 0) is 22.2 Å². The SMILES string of the molecule is CC(C)Cc1nsc(N2CCN(S(=O)(=O)Cc3ccon3)CC2)n1. The zero-order chi connectivity index (χ0) is 17.2. The fraction of sp³-hybridized carbons (Fsp3) is 0.643. The van der Waals surface area contributed by atoms with Crippen LogP contribution in [0.2, 0.25) is 0 Å². The van der Waals surface area contributed by atoms with Gasteiger partial charge < -0.3 is 9.42 Å². The fourth-order valence-corrected chi connectivity index (χ4v) is 4.74. The third-order valence-electron chi connectivity index (χ3n) is 3.77. The van der Waals surface area contributed by atoms with Crippen LogP contribution < -0.4 is 4.90 Å². The second-order valence-electron chi connectivity index (χ2n) is 6.22. The van der Waals surface area contributed by atoms with Crippen molar-refractivity contribution in [1.29, 1.82) is 0 Å². The summed E-state index contributed by atoms with van der Waals surface area (Å²) < 4.78 is 35.4. The molecule has 24 heavy (non-hydrogen) atoms. The molecule has 0 N–H and O–H groups in total. The minimum absolute atomic E-state index is 0.124. The van der Waals surface area contributed by atoms with E-state index in [0.717, 1.165) is 17.4 Å². The molecule has 8 nitrogen and oxygen atoms in total. The summed E-state index contributed by atoms with van der Waals surface area (Å²) in [6.45, 7) is 6.40. The maximum absolute atomic E-state index is 12.4. The Balaban J connectivity index is 1.58. The molecule has 0 aromatic carbocycles. The van der Waals surface area contributed by atoms with Crippen molar-refractivity contribution >= 4 is 26.7 Å². The molecule has 0 radical (unpaired) electrons. The van der Waals surface area contributed by atoms with Crippen molar-refractivity contribution in [2.45, 2.75) is 26.0 Å². The first-order valence-corrected chi connectivity index (χ1v) is 10.3. The summed E-state index contributed by atoms with van der Waals surface area (Å²) >= 11 is 1.39. The minimum Gasteiger partial charge on any atom is -0.364 e. The molecule has 3 rings (SSSR count). The Hall–Kier alpha value is -1.52. The molecule has 132 valence electrons. The van der Waals surface area contributed by atoms with Gasteiger partial charge in [-0.2, -0.15) is 8.68 Å². The van der Waals surface area contributed by atoms with Crippen molar-refractivity contribution in [3.8, 4) is 0 Å². The van der Waals surface area contributed by atoms with Crippen LogP contribution in [0.15, 0.2) is 16.9 Å². The molecule has 10 heteroatoms. The summed E-state index contributed by atoms with van der Waals surface area (Å²) in [6, 6.07) is 1.57. The van der Waals surface area contributed by atoms with Gasteiger partial charge in [-0.05, 0) is 5.92 Å². The molecule has 1 saturated heterocycles. The molecular formula is C14H21N5O3S2. The molecular weight excluding hydrogens is 350 g/mol. The third kappa shape index (κ3) is 4.11. The molecule has 3 heterocycles. The van der Waals surface area contributed by atoms with Crippen LogP contribution in [0, 0.1) is 5.92 Å². The second kappa shape index (κ2) is 7.16. The summed E-state index contributed by atoms with van der Waals surface area (Å²) in [6.07, 6.45) is 2.25. The lowest BCUT2D eigenvalue weighted by Gasteiger charge is -2.33. The van der Waals surface area contributed by atoms with E-state index in [1.807, 2.05) is 0 Å². The Bertz CT molecular complexity index is 749. The summed E-state index contributed by atoms with van der Waals surface area (Å²) in [4.78, 5) is 6.67. The highest BCUT2D eigenvalue weighted by Gasteiger charge is 2.29. The van der Waals surface area contributed by atoms with Gasteiger partial charge in [0, 0.05) is 50.2 Å². The van der Waals surface area contributed by atoms with Gasteiger partial charge in [-0.1, -0.05) is 19.0 Å². The highest BCUT2D eigenvalue weighted by Crippen LogP contribution is 2.21. The second-order valence-corrected chi connectivity index (χ2v) is 8.92. The third-order valence-corrected chi connectivity index (χ3v) is 6.40. The standard InChI is InChI=1S/C14H21N5O3S2/c1-11(2)9-13-15-14(23-17-13)18-4-6-19(7-5-18)24(20,21)10-12-3-8-22-16-12/h3,8,11H,4-7,9-10H2,1-2H3. The van der Waals surface area contributed by atoms with Gasteiger partial charge in [0.25, 0.3) is 0 Å². The van der Waals surface area contributed by atoms with Crippen LogP contribution in [-0.4, -0.2) is 53.4 Å². The van der Waals surface area contributed by atoms with Crippen LogP contribution in [0.25, 0.3) is 0 Å². The van der Waals surface area contributed by atoms with Crippen LogP contribution in [0.3, 0.4) is 0 Å². The molecule has 0 saturated carbocycles. The highest BCUT2D eigenvalue weighted by atomic mass is 32.2. The maximum Gasteiger partial charge on any atom is 0.220 e. The van der Waals surface area contributed by atoms with Gasteiger partial charge in [-0.15, -0.1) is 0 Å². The minimum atomic E-state index is -3.37. The summed E-state index contributed by atoms with van der Waals surface area (Å²) in [5, 5.41) is 4.55. The van der Waals surface area contributed by atoms with Crippen molar-refractivity contribution in [1.82, 2.24) is 18.8 Å². The number of anilines is 1. The predicted molar refractivity (Wildman–Crippen MR) is 91.4 cm³/mol. The first-order chi connectivity index (χ1) is 11.4. The van der Waals surface area contributed by atoms with Gasteiger partial charge in [0.05, 0.1) is 5.69 Å². The number of rotatable bonds is 6. The molecule has 1 fully saturated rings. The molecule has 0 atom stereocenters. The lowest BCUT2D eigenvalue weighted by atomic mass is 10.1. The average molecular weight is 371 g/mol. The fourth-order valence-electron chi connectivity index (χ4n) is 2.57. The van der Waals surface area contributed by atoms with Gasteiger partial charge in [-0.3, -0.25) is 0 Å². The first-order valence-electron chi connectivity index (χ1n) is 7.88. The summed E-state index contributed by atoms with van der Waals surface area (Å²) in [5.74, 6) is 1.26. The van der Waals surface area contributed by atoms with Crippen molar-refractivity contribution < 1.29 is 12.9 Å². The van der Waals surface area contributed by atoms with E-state index in [0.29, 0.717) is 37.8 Å². The molecule has 0 aliphatic carbocycles. The number of piperazine rings is 1. The lowest BCUT2D eigenvalue weighted by Crippen LogP contribution is -2.49. The number of aromatic nitrogens is 3. The van der Waals surface area contributed by atoms with Crippen LogP contribution in [0.5, 0.6) is 0 Å². The molecule has 0 spiro atoms. The summed E-state index contributed by atoms with van der Waals surface area (Å²) in [7, 11) is -3.37. The van der Waals surface area contributed by atoms with E-state index in [1.165, 1.54) is 22.1 Å². The topological polar surface area (TPSA) is 92.4 Å². The molecule has 0 unspecified atom stereocenters. The Morgan fingerprint density at radius 3 is 2.67 bits per heavy atom.